The average molecular weight is 767 g/mol. The highest BCUT2D eigenvalue weighted by Gasteiger charge is 2.25. The van der Waals surface area contributed by atoms with Crippen LogP contribution in [0, 0.1) is 13.8 Å². The molecule has 2 nitrogen and oxygen atoms in total. The standard InChI is InChI=1S/C58H42N2/c1-39-23-25-45(41-15-7-3-8-16-41)37-57(39)60(58-38-46(26-24-40(58)2)42-17-9-4-10-18-42)52-30-28-44-34-54-55-35-47-31-51(29-27-43(47)33-53(55)56(54)36-48(44)32-52)59(49-19-11-5-12-20-49)50-21-13-6-14-22-50/h3-38H,1-2H3. The van der Waals surface area contributed by atoms with E-state index in [1.54, 1.807) is 0 Å². The summed E-state index contributed by atoms with van der Waals surface area (Å²) in [5.74, 6) is 0. The molecule has 0 radical (unpaired) electrons. The van der Waals surface area contributed by atoms with Crippen LogP contribution in [0.25, 0.3) is 66.1 Å². The summed E-state index contributed by atoms with van der Waals surface area (Å²) in [4.78, 5) is 4.80. The number of para-hydroxylation sites is 2. The summed E-state index contributed by atoms with van der Waals surface area (Å²) in [6.45, 7) is 4.45. The first-order valence-electron chi connectivity index (χ1n) is 20.7. The SMILES string of the molecule is Cc1ccc(-c2ccccc2)cc1N(c1ccc2cc3c(cc2c1)-c1cc2ccc(N(c4ccccc4)c4ccccc4)cc2cc1-3)c1cc(-c2ccccc2)ccc1C. The highest BCUT2D eigenvalue weighted by atomic mass is 15.1. The molecule has 0 atom stereocenters. The molecule has 0 unspecified atom stereocenters. The lowest BCUT2D eigenvalue weighted by Gasteiger charge is -2.30. The largest absolute Gasteiger partial charge is 0.310 e. The van der Waals surface area contributed by atoms with Gasteiger partial charge >= 0.3 is 0 Å². The number of anilines is 6. The Hall–Kier alpha value is -7.68. The molecular formula is C58H42N2. The first kappa shape index (κ1) is 35.5. The van der Waals surface area contributed by atoms with Gasteiger partial charge in [0.15, 0.2) is 0 Å². The Morgan fingerprint density at radius 1 is 0.250 bits per heavy atom. The molecule has 2 heteroatoms. The highest BCUT2D eigenvalue weighted by Crippen LogP contribution is 2.52. The Bertz CT molecular complexity index is 3080. The third-order valence-corrected chi connectivity index (χ3v) is 12.2. The maximum atomic E-state index is 2.47. The second-order valence-electron chi connectivity index (χ2n) is 15.9. The van der Waals surface area contributed by atoms with Crippen molar-refractivity contribution >= 4 is 55.7 Å². The van der Waals surface area contributed by atoms with E-state index >= 15 is 0 Å². The Morgan fingerprint density at radius 2 is 0.617 bits per heavy atom. The van der Waals surface area contributed by atoms with E-state index in [0.29, 0.717) is 0 Å². The molecule has 0 bridgehead atoms. The van der Waals surface area contributed by atoms with Crippen molar-refractivity contribution in [2.24, 2.45) is 0 Å². The lowest BCUT2D eigenvalue weighted by Crippen LogP contribution is -2.13. The van der Waals surface area contributed by atoms with Gasteiger partial charge in [0, 0.05) is 34.1 Å². The van der Waals surface area contributed by atoms with Gasteiger partial charge in [-0.3, -0.25) is 0 Å². The maximum Gasteiger partial charge on any atom is 0.0497 e. The second kappa shape index (κ2) is 14.6. The van der Waals surface area contributed by atoms with Gasteiger partial charge < -0.3 is 9.80 Å². The Kier molecular flexibility index (Phi) is 8.64. The predicted molar refractivity (Wildman–Crippen MR) is 256 cm³/mol. The summed E-state index contributed by atoms with van der Waals surface area (Å²) in [6, 6.07) is 79.7. The van der Waals surface area contributed by atoms with Crippen LogP contribution in [0.15, 0.2) is 218 Å². The van der Waals surface area contributed by atoms with Crippen molar-refractivity contribution in [1.29, 1.82) is 0 Å². The quantitative estimate of drug-likeness (QED) is 0.152. The molecule has 11 rings (SSSR count). The van der Waals surface area contributed by atoms with Gasteiger partial charge in [-0.05, 0) is 176 Å². The van der Waals surface area contributed by atoms with Crippen molar-refractivity contribution < 1.29 is 0 Å². The van der Waals surface area contributed by atoms with Gasteiger partial charge in [-0.25, -0.2) is 0 Å². The van der Waals surface area contributed by atoms with E-state index in [9.17, 15) is 0 Å². The second-order valence-corrected chi connectivity index (χ2v) is 15.9. The van der Waals surface area contributed by atoms with Gasteiger partial charge in [-0.1, -0.05) is 133 Å². The Morgan fingerprint density at radius 3 is 1.03 bits per heavy atom. The van der Waals surface area contributed by atoms with Crippen molar-refractivity contribution in [2.45, 2.75) is 13.8 Å². The average Bonchev–Trinajstić information content (AvgIpc) is 3.30. The van der Waals surface area contributed by atoms with Crippen molar-refractivity contribution in [2.75, 3.05) is 9.80 Å². The van der Waals surface area contributed by atoms with Crippen molar-refractivity contribution in [1.82, 2.24) is 0 Å². The van der Waals surface area contributed by atoms with Crippen LogP contribution >= 0.6 is 0 Å². The molecule has 1 aliphatic rings. The minimum Gasteiger partial charge on any atom is -0.310 e. The van der Waals surface area contributed by atoms with Gasteiger partial charge in [-0.2, -0.15) is 0 Å². The van der Waals surface area contributed by atoms with Gasteiger partial charge in [0.25, 0.3) is 0 Å². The van der Waals surface area contributed by atoms with Gasteiger partial charge in [-0.15, -0.1) is 0 Å². The Labute approximate surface area is 351 Å². The number of benzene rings is 10. The van der Waals surface area contributed by atoms with Crippen LogP contribution < -0.4 is 9.80 Å². The molecule has 1 aliphatic carbocycles. The van der Waals surface area contributed by atoms with Gasteiger partial charge in [0.05, 0.1) is 0 Å². The zero-order valence-electron chi connectivity index (χ0n) is 33.7. The van der Waals surface area contributed by atoms with Crippen molar-refractivity contribution in [3.63, 3.8) is 0 Å². The van der Waals surface area contributed by atoms with E-state index < -0.39 is 0 Å². The van der Waals surface area contributed by atoms with Crippen LogP contribution in [-0.4, -0.2) is 0 Å². The number of hydrogen-bond donors (Lipinski definition) is 0. The van der Waals surface area contributed by atoms with Gasteiger partial charge in [0.2, 0.25) is 0 Å². The van der Waals surface area contributed by atoms with E-state index in [1.165, 1.54) is 88.6 Å². The van der Waals surface area contributed by atoms with Crippen LogP contribution in [-0.2, 0) is 0 Å². The fourth-order valence-corrected chi connectivity index (χ4v) is 9.01. The summed E-state index contributed by atoms with van der Waals surface area (Å²) in [5.41, 5.74) is 19.4. The molecule has 0 aromatic heterocycles. The lowest BCUT2D eigenvalue weighted by atomic mass is 9.78. The summed E-state index contributed by atoms with van der Waals surface area (Å²) >= 11 is 0. The van der Waals surface area contributed by atoms with E-state index in [-0.39, 0.29) is 0 Å². The zero-order chi connectivity index (χ0) is 40.2. The van der Waals surface area contributed by atoms with Crippen molar-refractivity contribution in [3.05, 3.63) is 230 Å². The molecule has 0 saturated carbocycles. The molecule has 284 valence electrons. The third-order valence-electron chi connectivity index (χ3n) is 12.2. The molecule has 0 aliphatic heterocycles. The molecule has 60 heavy (non-hydrogen) atoms. The number of rotatable bonds is 8. The minimum absolute atomic E-state index is 1.14. The molecule has 0 amide bonds. The molecular weight excluding hydrogens is 725 g/mol. The summed E-state index contributed by atoms with van der Waals surface area (Å²) in [5, 5.41) is 4.95. The van der Waals surface area contributed by atoms with Crippen LogP contribution in [0.5, 0.6) is 0 Å². The first-order chi connectivity index (χ1) is 29.6. The normalized spacial score (nSPS) is 11.5. The van der Waals surface area contributed by atoms with E-state index in [4.69, 9.17) is 0 Å². The number of hydrogen-bond acceptors (Lipinski definition) is 2. The molecule has 0 spiro atoms. The Balaban J connectivity index is 1.01. The van der Waals surface area contributed by atoms with Crippen LogP contribution in [0.4, 0.5) is 34.1 Å². The van der Waals surface area contributed by atoms with Crippen LogP contribution in [0.3, 0.4) is 0 Å². The molecule has 0 N–H and O–H groups in total. The van der Waals surface area contributed by atoms with Crippen molar-refractivity contribution in [3.8, 4) is 44.5 Å². The smallest absolute Gasteiger partial charge is 0.0497 e. The summed E-state index contributed by atoms with van der Waals surface area (Å²) in [6.07, 6.45) is 0. The fourth-order valence-electron chi connectivity index (χ4n) is 9.01. The number of aryl methyl sites for hydroxylation is 2. The molecule has 0 fully saturated rings. The third kappa shape index (κ3) is 6.22. The maximum absolute atomic E-state index is 2.47. The fraction of sp³-hybridized carbons (Fsp3) is 0.0345. The number of fused-ring (bicyclic) bond motifs is 6. The number of nitrogens with zero attached hydrogens (tertiary/aromatic N) is 2. The monoisotopic (exact) mass is 766 g/mol. The predicted octanol–water partition coefficient (Wildman–Crippen LogP) is 16.5. The molecule has 10 aromatic rings. The van der Waals surface area contributed by atoms with Gasteiger partial charge in [0.1, 0.15) is 0 Å². The van der Waals surface area contributed by atoms with E-state index in [1.807, 2.05) is 0 Å². The molecule has 10 aromatic carbocycles. The summed E-state index contributed by atoms with van der Waals surface area (Å²) in [7, 11) is 0. The summed E-state index contributed by atoms with van der Waals surface area (Å²) < 4.78 is 0. The highest BCUT2D eigenvalue weighted by molar-refractivity contribution is 6.12. The van der Waals surface area contributed by atoms with E-state index in [0.717, 1.165) is 22.7 Å². The van der Waals surface area contributed by atoms with Crippen LogP contribution in [0.2, 0.25) is 0 Å². The van der Waals surface area contributed by atoms with E-state index in [2.05, 4.69) is 242 Å². The topological polar surface area (TPSA) is 6.48 Å². The van der Waals surface area contributed by atoms with Crippen LogP contribution in [0.1, 0.15) is 11.1 Å². The zero-order valence-corrected chi connectivity index (χ0v) is 33.7. The minimum atomic E-state index is 1.14. The first-order valence-corrected chi connectivity index (χ1v) is 20.7. The molecule has 0 saturated heterocycles. The lowest BCUT2D eigenvalue weighted by molar-refractivity contribution is 1.23. The molecule has 0 heterocycles.